The van der Waals surface area contributed by atoms with Gasteiger partial charge in [0.2, 0.25) is 5.91 Å². The predicted molar refractivity (Wildman–Crippen MR) is 108 cm³/mol. The molecule has 1 amide bonds. The number of aryl methyl sites for hydroxylation is 1. The van der Waals surface area contributed by atoms with E-state index in [4.69, 9.17) is 20.8 Å². The lowest BCUT2D eigenvalue weighted by Crippen LogP contribution is -2.32. The Labute approximate surface area is 167 Å². The van der Waals surface area contributed by atoms with Gasteiger partial charge in [-0.1, -0.05) is 17.7 Å². The van der Waals surface area contributed by atoms with Crippen LogP contribution in [0.25, 0.3) is 11.0 Å². The van der Waals surface area contributed by atoms with Crippen molar-refractivity contribution in [2.24, 2.45) is 0 Å². The third-order valence-corrected chi connectivity index (χ3v) is 5.04. The van der Waals surface area contributed by atoms with Gasteiger partial charge in [0, 0.05) is 43.4 Å². The molecule has 0 saturated carbocycles. The van der Waals surface area contributed by atoms with Crippen LogP contribution < -0.4 is 10.4 Å². The topological polar surface area (TPSA) is 72.6 Å². The molecule has 0 atom stereocenters. The smallest absolute Gasteiger partial charge is 0.340 e. The highest BCUT2D eigenvalue weighted by Crippen LogP contribution is 2.31. The number of nitrogens with zero attached hydrogens (tertiary/aromatic N) is 2. The van der Waals surface area contributed by atoms with Crippen LogP contribution in [0.3, 0.4) is 0 Å². The zero-order chi connectivity index (χ0) is 20.3. The molecular weight excluding hydrogens is 380 g/mol. The highest BCUT2D eigenvalue weighted by atomic mass is 35.5. The lowest BCUT2D eigenvalue weighted by molar-refractivity contribution is -0.129. The van der Waals surface area contributed by atoms with Crippen molar-refractivity contribution in [3.8, 4) is 5.75 Å². The number of amides is 1. The number of fused-ring (bicyclic) bond motifs is 1. The van der Waals surface area contributed by atoms with Gasteiger partial charge in [-0.05, 0) is 30.7 Å². The maximum absolute atomic E-state index is 12.6. The Bertz CT molecular complexity index is 1060. The largest absolute Gasteiger partial charge is 0.495 e. The number of benzene rings is 1. The summed E-state index contributed by atoms with van der Waals surface area (Å²) in [6.45, 7) is 2.30. The van der Waals surface area contributed by atoms with Crippen molar-refractivity contribution in [2.75, 3.05) is 20.7 Å². The van der Waals surface area contributed by atoms with E-state index in [0.717, 1.165) is 5.69 Å². The van der Waals surface area contributed by atoms with Gasteiger partial charge in [0.05, 0.1) is 24.1 Å². The summed E-state index contributed by atoms with van der Waals surface area (Å²) >= 11 is 6.20. The summed E-state index contributed by atoms with van der Waals surface area (Å²) in [5, 5.41) is 1.10. The molecule has 3 aromatic rings. The van der Waals surface area contributed by atoms with Crippen LogP contribution in [0.2, 0.25) is 5.02 Å². The molecule has 2 aromatic heterocycles. The predicted octanol–water partition coefficient (Wildman–Crippen LogP) is 3.40. The molecule has 0 fully saturated rings. The van der Waals surface area contributed by atoms with Crippen LogP contribution in [0.1, 0.15) is 16.8 Å². The van der Waals surface area contributed by atoms with Crippen LogP contribution in [0.5, 0.6) is 5.75 Å². The van der Waals surface area contributed by atoms with E-state index in [0.29, 0.717) is 45.8 Å². The van der Waals surface area contributed by atoms with E-state index >= 15 is 0 Å². The van der Waals surface area contributed by atoms with E-state index in [1.54, 1.807) is 37.2 Å². The molecule has 28 heavy (non-hydrogen) atoms. The molecule has 146 valence electrons. The minimum absolute atomic E-state index is 0.0352. The molecule has 0 radical (unpaired) electrons. The fourth-order valence-electron chi connectivity index (χ4n) is 2.99. The average Bonchev–Trinajstić information content (AvgIpc) is 2.70. The van der Waals surface area contributed by atoms with Gasteiger partial charge in [0.15, 0.2) is 0 Å². The molecule has 0 unspecified atom stereocenters. The number of hydrogen-bond donors (Lipinski definition) is 0. The fraction of sp³-hybridized carbons (Fsp3) is 0.286. The highest BCUT2D eigenvalue weighted by Gasteiger charge is 2.18. The third-order valence-electron chi connectivity index (χ3n) is 4.74. The average molecular weight is 401 g/mol. The summed E-state index contributed by atoms with van der Waals surface area (Å²) in [7, 11) is 3.21. The van der Waals surface area contributed by atoms with E-state index in [9.17, 15) is 9.59 Å². The van der Waals surface area contributed by atoms with Gasteiger partial charge < -0.3 is 14.1 Å². The molecule has 0 aliphatic carbocycles. The van der Waals surface area contributed by atoms with Gasteiger partial charge in [-0.2, -0.15) is 0 Å². The third kappa shape index (κ3) is 4.17. The zero-order valence-electron chi connectivity index (χ0n) is 16.0. The fourth-order valence-corrected chi connectivity index (χ4v) is 3.23. The first-order valence-electron chi connectivity index (χ1n) is 8.84. The second-order valence-electron chi connectivity index (χ2n) is 6.54. The molecule has 1 aromatic carbocycles. The lowest BCUT2D eigenvalue weighted by atomic mass is 10.0. The molecular formula is C21H21ClN2O4. The van der Waals surface area contributed by atoms with E-state index in [-0.39, 0.29) is 12.3 Å². The second kappa shape index (κ2) is 8.44. The van der Waals surface area contributed by atoms with Crippen molar-refractivity contribution in [2.45, 2.75) is 19.8 Å². The number of methoxy groups -OCH3 is 1. The molecule has 0 saturated heterocycles. The number of hydrogen-bond acceptors (Lipinski definition) is 5. The molecule has 0 spiro atoms. The summed E-state index contributed by atoms with van der Waals surface area (Å²) < 4.78 is 10.6. The molecule has 0 aliphatic heterocycles. The zero-order valence-corrected chi connectivity index (χ0v) is 16.7. The Balaban J connectivity index is 1.81. The van der Waals surface area contributed by atoms with Crippen LogP contribution in [-0.2, 0) is 17.6 Å². The lowest BCUT2D eigenvalue weighted by Gasteiger charge is -2.17. The number of halogens is 1. The van der Waals surface area contributed by atoms with Gasteiger partial charge in [-0.25, -0.2) is 4.79 Å². The van der Waals surface area contributed by atoms with Crippen molar-refractivity contribution in [1.29, 1.82) is 0 Å². The van der Waals surface area contributed by atoms with Crippen molar-refractivity contribution in [3.63, 3.8) is 0 Å². The van der Waals surface area contributed by atoms with E-state index in [1.165, 1.54) is 7.11 Å². The van der Waals surface area contributed by atoms with Gasteiger partial charge in [0.1, 0.15) is 11.3 Å². The standard InChI is InChI=1S/C21H21ClN2O4/c1-13-15-10-17(22)19(27-3)12-18(15)28-21(26)16(13)11-20(25)24(2)9-7-14-6-4-5-8-23-14/h4-6,8,10,12H,7,9,11H2,1-3H3. The first-order valence-corrected chi connectivity index (χ1v) is 9.22. The first kappa shape index (κ1) is 19.9. The second-order valence-corrected chi connectivity index (χ2v) is 6.95. The van der Waals surface area contributed by atoms with Crippen molar-refractivity contribution in [3.05, 3.63) is 68.8 Å². The number of likely N-dealkylation sites (N-methyl/N-ethyl adjacent to an activating group) is 1. The van der Waals surface area contributed by atoms with Crippen molar-refractivity contribution < 1.29 is 13.9 Å². The summed E-state index contributed by atoms with van der Waals surface area (Å²) in [5.74, 6) is 0.264. The minimum Gasteiger partial charge on any atom is -0.495 e. The number of ether oxygens (including phenoxy) is 1. The normalized spacial score (nSPS) is 10.9. The molecule has 6 nitrogen and oxygen atoms in total. The van der Waals surface area contributed by atoms with E-state index < -0.39 is 5.63 Å². The van der Waals surface area contributed by atoms with Crippen LogP contribution >= 0.6 is 11.6 Å². The molecule has 0 N–H and O–H groups in total. The highest BCUT2D eigenvalue weighted by molar-refractivity contribution is 6.32. The van der Waals surface area contributed by atoms with Crippen LogP contribution in [-0.4, -0.2) is 36.5 Å². The van der Waals surface area contributed by atoms with Gasteiger partial charge in [0.25, 0.3) is 0 Å². The van der Waals surface area contributed by atoms with Crippen LogP contribution in [0, 0.1) is 6.92 Å². The Morgan fingerprint density at radius 2 is 2.11 bits per heavy atom. The minimum atomic E-state index is -0.527. The molecule has 7 heteroatoms. The Kier molecular flexibility index (Phi) is 5.99. The quantitative estimate of drug-likeness (QED) is 0.593. The maximum atomic E-state index is 12.6. The van der Waals surface area contributed by atoms with Crippen molar-refractivity contribution in [1.82, 2.24) is 9.88 Å². The Morgan fingerprint density at radius 3 is 2.79 bits per heavy atom. The number of aromatic nitrogens is 1. The Morgan fingerprint density at radius 1 is 1.32 bits per heavy atom. The van der Waals surface area contributed by atoms with Gasteiger partial charge >= 0.3 is 5.63 Å². The molecule has 0 aliphatic rings. The van der Waals surface area contributed by atoms with Gasteiger partial charge in [-0.3, -0.25) is 9.78 Å². The van der Waals surface area contributed by atoms with E-state index in [1.807, 2.05) is 18.2 Å². The van der Waals surface area contributed by atoms with Crippen LogP contribution in [0.15, 0.2) is 45.7 Å². The van der Waals surface area contributed by atoms with Gasteiger partial charge in [-0.15, -0.1) is 0 Å². The number of carbonyl (C=O) groups excluding carboxylic acids is 1. The monoisotopic (exact) mass is 400 g/mol. The summed E-state index contributed by atoms with van der Waals surface area (Å²) in [6, 6.07) is 8.94. The number of pyridine rings is 1. The van der Waals surface area contributed by atoms with Crippen molar-refractivity contribution >= 4 is 28.5 Å². The summed E-state index contributed by atoms with van der Waals surface area (Å²) in [4.78, 5) is 30.9. The molecule has 3 rings (SSSR count). The SMILES string of the molecule is COc1cc2oc(=O)c(CC(=O)N(C)CCc3ccccn3)c(C)c2cc1Cl. The first-order chi connectivity index (χ1) is 13.4. The number of rotatable bonds is 6. The summed E-state index contributed by atoms with van der Waals surface area (Å²) in [5.41, 5.74) is 1.78. The molecule has 0 bridgehead atoms. The van der Waals surface area contributed by atoms with Crippen LogP contribution in [0.4, 0.5) is 0 Å². The van der Waals surface area contributed by atoms with E-state index in [2.05, 4.69) is 4.98 Å². The Hall–Kier alpha value is -2.86. The maximum Gasteiger partial charge on any atom is 0.340 e. The summed E-state index contributed by atoms with van der Waals surface area (Å²) in [6.07, 6.45) is 2.33. The number of carbonyl (C=O) groups is 1. The molecule has 2 heterocycles.